The average Bonchev–Trinajstić information content (AvgIpc) is 2.83. The summed E-state index contributed by atoms with van der Waals surface area (Å²) in [5, 5.41) is 9.58. The van der Waals surface area contributed by atoms with E-state index in [0.29, 0.717) is 30.7 Å². The molecule has 2 aliphatic heterocycles. The zero-order valence-electron chi connectivity index (χ0n) is 18.4. The number of fused-ring (bicyclic) bond motifs is 1. The summed E-state index contributed by atoms with van der Waals surface area (Å²) in [6.45, 7) is 2.50. The number of nitrogens with one attached hydrogen (secondary N) is 1. The van der Waals surface area contributed by atoms with Gasteiger partial charge in [-0.25, -0.2) is 0 Å². The summed E-state index contributed by atoms with van der Waals surface area (Å²) in [7, 11) is 1.39. The number of carbonyl (C=O) groups is 2. The number of esters is 1. The van der Waals surface area contributed by atoms with Crippen molar-refractivity contribution in [1.82, 2.24) is 5.01 Å². The van der Waals surface area contributed by atoms with Gasteiger partial charge in [0.1, 0.15) is 5.75 Å². The maximum Gasteiger partial charge on any atom is 0.305 e. The molecule has 168 valence electrons. The Hall–Kier alpha value is -3.35. The minimum Gasteiger partial charge on any atom is -0.493 e. The van der Waals surface area contributed by atoms with E-state index in [9.17, 15) is 9.59 Å². The van der Waals surface area contributed by atoms with Crippen LogP contribution in [-0.2, 0) is 16.0 Å². The van der Waals surface area contributed by atoms with Gasteiger partial charge in [-0.3, -0.25) is 14.6 Å². The quantitative estimate of drug-likeness (QED) is 0.550. The molecule has 2 aromatic rings. The molecule has 1 atom stereocenters. The van der Waals surface area contributed by atoms with Crippen molar-refractivity contribution in [3.63, 3.8) is 0 Å². The Kier molecular flexibility index (Phi) is 7.04. The number of anilines is 1. The van der Waals surface area contributed by atoms with Crippen molar-refractivity contribution in [2.75, 3.05) is 32.1 Å². The van der Waals surface area contributed by atoms with E-state index >= 15 is 0 Å². The van der Waals surface area contributed by atoms with Crippen molar-refractivity contribution >= 4 is 23.8 Å². The molecule has 7 nitrogen and oxygen atoms in total. The number of carbonyl (C=O) groups excluding carboxylic acids is 2. The highest BCUT2D eigenvalue weighted by Crippen LogP contribution is 2.31. The van der Waals surface area contributed by atoms with Crippen LogP contribution >= 0.6 is 0 Å². The second-order valence-corrected chi connectivity index (χ2v) is 8.32. The van der Waals surface area contributed by atoms with Gasteiger partial charge in [0.25, 0.3) is 5.91 Å². The lowest BCUT2D eigenvalue weighted by atomic mass is 9.94. The molecule has 0 saturated carbocycles. The summed E-state index contributed by atoms with van der Waals surface area (Å²) in [6.07, 6.45) is 6.54. The van der Waals surface area contributed by atoms with Gasteiger partial charge < -0.3 is 14.8 Å². The monoisotopic (exact) mass is 435 g/mol. The van der Waals surface area contributed by atoms with Crippen molar-refractivity contribution in [2.45, 2.75) is 32.1 Å². The number of benzene rings is 2. The fourth-order valence-corrected chi connectivity index (χ4v) is 4.05. The Morgan fingerprint density at radius 2 is 1.94 bits per heavy atom. The molecule has 0 aliphatic carbocycles. The number of nitrogens with zero attached hydrogens (tertiary/aromatic N) is 2. The lowest BCUT2D eigenvalue weighted by Crippen LogP contribution is -2.24. The van der Waals surface area contributed by atoms with Gasteiger partial charge in [-0.15, -0.1) is 0 Å². The molecule has 1 N–H and O–H groups in total. The zero-order valence-corrected chi connectivity index (χ0v) is 18.4. The summed E-state index contributed by atoms with van der Waals surface area (Å²) in [5.41, 5.74) is 3.23. The first-order chi connectivity index (χ1) is 15.6. The highest BCUT2D eigenvalue weighted by molar-refractivity contribution is 6.04. The van der Waals surface area contributed by atoms with E-state index in [2.05, 4.69) is 15.4 Å². The van der Waals surface area contributed by atoms with Gasteiger partial charge >= 0.3 is 5.97 Å². The molecule has 7 heteroatoms. The third-order valence-corrected chi connectivity index (χ3v) is 5.86. The second kappa shape index (κ2) is 10.3. The highest BCUT2D eigenvalue weighted by atomic mass is 16.5. The predicted molar refractivity (Wildman–Crippen MR) is 123 cm³/mol. The van der Waals surface area contributed by atoms with Crippen LogP contribution in [0.2, 0.25) is 0 Å². The highest BCUT2D eigenvalue weighted by Gasteiger charge is 2.23. The van der Waals surface area contributed by atoms with Crippen LogP contribution in [0, 0.1) is 5.92 Å². The topological polar surface area (TPSA) is 80.2 Å². The Balaban J connectivity index is 1.36. The zero-order chi connectivity index (χ0) is 22.3. The van der Waals surface area contributed by atoms with Crippen molar-refractivity contribution in [3.05, 3.63) is 59.2 Å². The number of hydrogen-bond acceptors (Lipinski definition) is 6. The minimum atomic E-state index is -0.240. The maximum atomic E-state index is 12.7. The number of amides is 1. The first-order valence-electron chi connectivity index (χ1n) is 11.1. The number of piperidine rings is 1. The average molecular weight is 436 g/mol. The van der Waals surface area contributed by atoms with E-state index in [-0.39, 0.29) is 17.8 Å². The summed E-state index contributed by atoms with van der Waals surface area (Å²) < 4.78 is 10.5. The van der Waals surface area contributed by atoms with Crippen LogP contribution in [0.15, 0.2) is 47.6 Å². The third kappa shape index (κ3) is 5.66. The molecule has 0 spiro atoms. The minimum absolute atomic E-state index is 0.0695. The summed E-state index contributed by atoms with van der Waals surface area (Å²) in [6, 6.07) is 13.0. The van der Waals surface area contributed by atoms with Crippen LogP contribution in [0.4, 0.5) is 5.69 Å². The van der Waals surface area contributed by atoms with Crippen LogP contribution in [0.1, 0.15) is 47.2 Å². The molecule has 1 fully saturated rings. The molecule has 2 aromatic carbocycles. The fourth-order valence-electron chi connectivity index (χ4n) is 4.05. The normalized spacial score (nSPS) is 18.0. The SMILES string of the molecule is COC(=O)CC1COc2ccc(NC(=O)c3ccc(/C=N/N4CCCCC4)cc3)cc2C1. The molecule has 1 saturated heterocycles. The summed E-state index contributed by atoms with van der Waals surface area (Å²) in [4.78, 5) is 24.3. The third-order valence-electron chi connectivity index (χ3n) is 5.86. The standard InChI is InChI=1S/C25H29N3O4/c1-31-24(29)14-19-13-21-15-22(9-10-23(21)32-17-19)27-25(30)20-7-5-18(6-8-20)16-26-28-11-3-2-4-12-28/h5-10,15-16,19H,2-4,11-14,17H2,1H3,(H,27,30)/b26-16+. The van der Waals surface area contributed by atoms with Gasteiger partial charge in [0.2, 0.25) is 0 Å². The van der Waals surface area contributed by atoms with Gasteiger partial charge in [-0.2, -0.15) is 5.10 Å². The van der Waals surface area contributed by atoms with Crippen molar-refractivity contribution in [3.8, 4) is 5.75 Å². The Morgan fingerprint density at radius 1 is 1.16 bits per heavy atom. The van der Waals surface area contributed by atoms with Crippen molar-refractivity contribution < 1.29 is 19.1 Å². The van der Waals surface area contributed by atoms with Crippen LogP contribution in [0.3, 0.4) is 0 Å². The first-order valence-corrected chi connectivity index (χ1v) is 11.1. The molecule has 1 amide bonds. The van der Waals surface area contributed by atoms with Gasteiger partial charge in [0, 0.05) is 30.3 Å². The van der Waals surface area contributed by atoms with E-state index in [1.165, 1.54) is 26.4 Å². The Morgan fingerprint density at radius 3 is 2.69 bits per heavy atom. The summed E-state index contributed by atoms with van der Waals surface area (Å²) in [5.74, 6) is 0.449. The number of rotatable bonds is 6. The van der Waals surface area contributed by atoms with Gasteiger partial charge in [0.15, 0.2) is 0 Å². The number of ether oxygens (including phenoxy) is 2. The molecule has 0 radical (unpaired) electrons. The van der Waals surface area contributed by atoms with Crippen LogP contribution < -0.4 is 10.1 Å². The van der Waals surface area contributed by atoms with E-state index < -0.39 is 0 Å². The number of hydrogen-bond donors (Lipinski definition) is 1. The molecular formula is C25H29N3O4. The molecular weight excluding hydrogens is 406 g/mol. The largest absolute Gasteiger partial charge is 0.493 e. The van der Waals surface area contributed by atoms with E-state index in [0.717, 1.165) is 30.0 Å². The van der Waals surface area contributed by atoms with E-state index in [4.69, 9.17) is 9.47 Å². The maximum absolute atomic E-state index is 12.7. The molecule has 4 rings (SSSR count). The molecule has 2 aliphatic rings. The first kappa shape index (κ1) is 21.9. The number of methoxy groups -OCH3 is 1. The molecule has 0 aromatic heterocycles. The second-order valence-electron chi connectivity index (χ2n) is 8.32. The van der Waals surface area contributed by atoms with Crippen molar-refractivity contribution in [1.29, 1.82) is 0 Å². The molecule has 0 bridgehead atoms. The van der Waals surface area contributed by atoms with Crippen LogP contribution in [0.5, 0.6) is 5.75 Å². The van der Waals surface area contributed by atoms with Gasteiger partial charge in [-0.05, 0) is 67.1 Å². The van der Waals surface area contributed by atoms with E-state index in [1.807, 2.05) is 36.5 Å². The van der Waals surface area contributed by atoms with Crippen molar-refractivity contribution in [2.24, 2.45) is 11.0 Å². The number of hydrazone groups is 1. The summed E-state index contributed by atoms with van der Waals surface area (Å²) >= 11 is 0. The molecule has 32 heavy (non-hydrogen) atoms. The van der Waals surface area contributed by atoms with Gasteiger partial charge in [-0.1, -0.05) is 12.1 Å². The lowest BCUT2D eigenvalue weighted by Gasteiger charge is -2.25. The Bertz CT molecular complexity index is 981. The molecule has 1 unspecified atom stereocenters. The van der Waals surface area contributed by atoms with Crippen LogP contribution in [-0.4, -0.2) is 49.9 Å². The fraction of sp³-hybridized carbons (Fsp3) is 0.400. The van der Waals surface area contributed by atoms with Crippen LogP contribution in [0.25, 0.3) is 0 Å². The van der Waals surface area contributed by atoms with E-state index in [1.54, 1.807) is 12.1 Å². The molecule has 2 heterocycles. The Labute approximate surface area is 188 Å². The smallest absolute Gasteiger partial charge is 0.305 e. The van der Waals surface area contributed by atoms with Gasteiger partial charge in [0.05, 0.1) is 26.4 Å². The predicted octanol–water partition coefficient (Wildman–Crippen LogP) is 3.87. The lowest BCUT2D eigenvalue weighted by molar-refractivity contribution is -0.142.